The van der Waals surface area contributed by atoms with E-state index in [1.165, 1.54) is 22.8 Å². The Balaban J connectivity index is 2.38. The molecule has 1 N–H and O–H groups in total. The van der Waals surface area contributed by atoms with E-state index in [1.54, 1.807) is 14.0 Å². The minimum atomic E-state index is -4.56. The molecule has 0 saturated heterocycles. The quantitative estimate of drug-likeness (QED) is 0.843. The first-order valence-electron chi connectivity index (χ1n) is 5.80. The molecule has 0 aliphatic heterocycles. The molecule has 2 rings (SSSR count). The lowest BCUT2D eigenvalue weighted by Crippen LogP contribution is -2.22. The second kappa shape index (κ2) is 4.81. The number of rotatable bonds is 2. The molecule has 1 heterocycles. The number of aryl methyl sites for hydroxylation is 2. The van der Waals surface area contributed by atoms with Gasteiger partial charge in [0.25, 0.3) is 0 Å². The molecular formula is C13H12F4N2O. The van der Waals surface area contributed by atoms with Crippen LogP contribution in [0.3, 0.4) is 0 Å². The average molecular weight is 288 g/mol. The van der Waals surface area contributed by atoms with Crippen molar-refractivity contribution in [3.63, 3.8) is 0 Å². The van der Waals surface area contributed by atoms with Crippen LogP contribution in [0.15, 0.2) is 18.2 Å². The predicted molar refractivity (Wildman–Crippen MR) is 66.9 cm³/mol. The van der Waals surface area contributed by atoms with Crippen LogP contribution < -0.4 is 5.32 Å². The molecule has 7 heteroatoms. The highest BCUT2D eigenvalue weighted by Gasteiger charge is 2.31. The van der Waals surface area contributed by atoms with Gasteiger partial charge < -0.3 is 9.88 Å². The number of hydrogen-bond acceptors (Lipinski definition) is 1. The summed E-state index contributed by atoms with van der Waals surface area (Å²) >= 11 is 0. The van der Waals surface area contributed by atoms with Gasteiger partial charge in [-0.25, -0.2) is 4.39 Å². The number of benzene rings is 1. The summed E-state index contributed by atoms with van der Waals surface area (Å²) in [6.45, 7) is 1.62. The molecule has 0 saturated carbocycles. The lowest BCUT2D eigenvalue weighted by Gasteiger charge is -2.09. The van der Waals surface area contributed by atoms with Gasteiger partial charge in [0.15, 0.2) is 0 Å². The number of alkyl halides is 3. The third kappa shape index (κ3) is 2.76. The van der Waals surface area contributed by atoms with Crippen molar-refractivity contribution in [1.82, 2.24) is 4.57 Å². The van der Waals surface area contributed by atoms with Gasteiger partial charge in [-0.3, -0.25) is 4.79 Å². The van der Waals surface area contributed by atoms with Crippen LogP contribution in [-0.4, -0.2) is 16.7 Å². The number of amides is 1. The van der Waals surface area contributed by atoms with Gasteiger partial charge in [-0.1, -0.05) is 0 Å². The normalized spacial score (nSPS) is 11.9. The molecule has 1 aromatic carbocycles. The van der Waals surface area contributed by atoms with Crippen molar-refractivity contribution in [2.75, 3.05) is 5.32 Å². The van der Waals surface area contributed by atoms with Crippen LogP contribution in [0.5, 0.6) is 0 Å². The van der Waals surface area contributed by atoms with Gasteiger partial charge in [0, 0.05) is 18.0 Å². The Hall–Kier alpha value is -2.05. The molecule has 0 atom stereocenters. The molecule has 108 valence electrons. The third-order valence-corrected chi connectivity index (χ3v) is 3.03. The van der Waals surface area contributed by atoms with E-state index < -0.39 is 24.3 Å². The number of nitrogens with zero attached hydrogens (tertiary/aromatic N) is 1. The number of carbonyl (C=O) groups excluding carboxylic acids is 1. The van der Waals surface area contributed by atoms with Gasteiger partial charge in [-0.15, -0.1) is 0 Å². The van der Waals surface area contributed by atoms with Crippen LogP contribution in [0.1, 0.15) is 12.0 Å². The van der Waals surface area contributed by atoms with E-state index in [2.05, 4.69) is 5.32 Å². The lowest BCUT2D eigenvalue weighted by molar-refractivity contribution is -0.150. The lowest BCUT2D eigenvalue weighted by atomic mass is 10.2. The van der Waals surface area contributed by atoms with Gasteiger partial charge in [0.05, 0.1) is 0 Å². The van der Waals surface area contributed by atoms with E-state index in [4.69, 9.17) is 0 Å². The summed E-state index contributed by atoms with van der Waals surface area (Å²) in [7, 11) is 1.59. The Morgan fingerprint density at radius 3 is 2.60 bits per heavy atom. The van der Waals surface area contributed by atoms with E-state index in [0.29, 0.717) is 16.5 Å². The van der Waals surface area contributed by atoms with Crippen LogP contribution in [0.4, 0.5) is 23.4 Å². The van der Waals surface area contributed by atoms with E-state index in [9.17, 15) is 22.4 Å². The van der Waals surface area contributed by atoms with Gasteiger partial charge in [-0.05, 0) is 30.7 Å². The zero-order valence-corrected chi connectivity index (χ0v) is 10.8. The number of fused-ring (bicyclic) bond motifs is 1. The van der Waals surface area contributed by atoms with Crippen molar-refractivity contribution in [2.24, 2.45) is 7.05 Å². The molecular weight excluding hydrogens is 276 g/mol. The maximum atomic E-state index is 13.2. The summed E-state index contributed by atoms with van der Waals surface area (Å²) in [5.41, 5.74) is 1.16. The molecule has 0 bridgehead atoms. The van der Waals surface area contributed by atoms with Crippen LogP contribution in [0, 0.1) is 12.7 Å². The SMILES string of the molecule is Cc1c(NC(=O)CC(F)(F)F)n(C)c2ccc(F)cc12. The number of halogens is 4. The fraction of sp³-hybridized carbons (Fsp3) is 0.308. The molecule has 20 heavy (non-hydrogen) atoms. The molecule has 0 fully saturated rings. The average Bonchev–Trinajstić information content (AvgIpc) is 2.52. The first-order chi connectivity index (χ1) is 9.19. The second-order valence-electron chi connectivity index (χ2n) is 4.53. The molecule has 0 aliphatic carbocycles. The summed E-state index contributed by atoms with van der Waals surface area (Å²) in [5.74, 6) is -1.36. The number of hydrogen-bond donors (Lipinski definition) is 1. The number of anilines is 1. The third-order valence-electron chi connectivity index (χ3n) is 3.03. The molecule has 1 amide bonds. The fourth-order valence-electron chi connectivity index (χ4n) is 2.14. The minimum Gasteiger partial charge on any atom is -0.330 e. The van der Waals surface area contributed by atoms with E-state index >= 15 is 0 Å². The van der Waals surface area contributed by atoms with E-state index in [1.807, 2.05) is 0 Å². The Bertz CT molecular complexity index is 673. The number of nitrogens with one attached hydrogen (secondary N) is 1. The van der Waals surface area contributed by atoms with Gasteiger partial charge in [0.1, 0.15) is 18.1 Å². The molecule has 3 nitrogen and oxygen atoms in total. The second-order valence-corrected chi connectivity index (χ2v) is 4.53. The van der Waals surface area contributed by atoms with E-state index in [0.717, 1.165) is 0 Å². The first kappa shape index (κ1) is 14.4. The van der Waals surface area contributed by atoms with Gasteiger partial charge in [-0.2, -0.15) is 13.2 Å². The molecule has 0 aliphatic rings. The topological polar surface area (TPSA) is 34.0 Å². The van der Waals surface area contributed by atoms with Crippen molar-refractivity contribution >= 4 is 22.6 Å². The largest absolute Gasteiger partial charge is 0.397 e. The summed E-state index contributed by atoms with van der Waals surface area (Å²) < 4.78 is 51.2. The maximum absolute atomic E-state index is 13.2. The van der Waals surface area contributed by atoms with Crippen LogP contribution >= 0.6 is 0 Å². The van der Waals surface area contributed by atoms with Crippen LogP contribution in [-0.2, 0) is 11.8 Å². The Morgan fingerprint density at radius 1 is 1.35 bits per heavy atom. The summed E-state index contributed by atoms with van der Waals surface area (Å²) in [5, 5.41) is 2.78. The van der Waals surface area contributed by atoms with Crippen LogP contribution in [0.2, 0.25) is 0 Å². The number of carbonyl (C=O) groups is 1. The Morgan fingerprint density at radius 2 is 2.00 bits per heavy atom. The predicted octanol–water partition coefficient (Wildman–Crippen LogP) is 3.52. The zero-order valence-electron chi connectivity index (χ0n) is 10.8. The molecule has 0 unspecified atom stereocenters. The van der Waals surface area contributed by atoms with Crippen molar-refractivity contribution in [1.29, 1.82) is 0 Å². The highest BCUT2D eigenvalue weighted by atomic mass is 19.4. The Kier molecular flexibility index (Phi) is 3.45. The molecule has 0 radical (unpaired) electrons. The van der Waals surface area contributed by atoms with Crippen molar-refractivity contribution < 1.29 is 22.4 Å². The number of aromatic nitrogens is 1. The van der Waals surface area contributed by atoms with Gasteiger partial charge in [0.2, 0.25) is 5.91 Å². The highest BCUT2D eigenvalue weighted by Crippen LogP contribution is 2.30. The van der Waals surface area contributed by atoms with Crippen molar-refractivity contribution in [3.8, 4) is 0 Å². The van der Waals surface area contributed by atoms with Gasteiger partial charge >= 0.3 is 6.18 Å². The summed E-state index contributed by atoms with van der Waals surface area (Å²) in [4.78, 5) is 11.4. The van der Waals surface area contributed by atoms with Crippen molar-refractivity contribution in [2.45, 2.75) is 19.5 Å². The molecule has 2 aromatic rings. The van der Waals surface area contributed by atoms with Crippen LogP contribution in [0.25, 0.3) is 10.9 Å². The smallest absolute Gasteiger partial charge is 0.330 e. The minimum absolute atomic E-state index is 0.236. The Labute approximate surface area is 112 Å². The molecule has 0 spiro atoms. The van der Waals surface area contributed by atoms with E-state index in [-0.39, 0.29) is 5.82 Å². The molecule has 1 aromatic heterocycles. The summed E-state index contributed by atoms with van der Waals surface area (Å²) in [6, 6.07) is 4.05. The monoisotopic (exact) mass is 288 g/mol. The highest BCUT2D eigenvalue weighted by molar-refractivity contribution is 5.97. The standard InChI is InChI=1S/C13H12F4N2O/c1-7-9-5-8(14)3-4-10(9)19(2)12(7)18-11(20)6-13(15,16)17/h3-5H,6H2,1-2H3,(H,18,20). The fourth-order valence-corrected chi connectivity index (χ4v) is 2.14. The maximum Gasteiger partial charge on any atom is 0.397 e. The van der Waals surface area contributed by atoms with Crippen molar-refractivity contribution in [3.05, 3.63) is 29.6 Å². The zero-order chi connectivity index (χ0) is 15.1. The summed E-state index contributed by atoms with van der Waals surface area (Å²) in [6.07, 6.45) is -6.11. The first-order valence-corrected chi connectivity index (χ1v) is 5.80.